The normalized spacial score (nSPS) is 10.9. The van der Waals surface area contributed by atoms with Gasteiger partial charge in [-0.3, -0.25) is 0 Å². The number of hydrogen-bond donors (Lipinski definition) is 2. The molecule has 0 fully saturated rings. The first-order chi connectivity index (χ1) is 6.20. The molecule has 1 heterocycles. The number of nitrogens with two attached hydrogens (primary N) is 1. The fourth-order valence-electron chi connectivity index (χ4n) is 1.25. The van der Waals surface area contributed by atoms with Gasteiger partial charge in [-0.1, -0.05) is 15.9 Å². The van der Waals surface area contributed by atoms with Gasteiger partial charge in [-0.05, 0) is 29.1 Å². The lowest BCUT2D eigenvalue weighted by molar-refractivity contribution is 1.32. The van der Waals surface area contributed by atoms with Crippen molar-refractivity contribution >= 4 is 55.0 Å². The maximum Gasteiger partial charge on any atom is 0.0868 e. The molecule has 1 nitrogen and oxygen atoms in total. The van der Waals surface area contributed by atoms with Crippen LogP contribution >= 0.6 is 39.9 Å². The highest BCUT2D eigenvalue weighted by Crippen LogP contribution is 2.32. The Bertz CT molecular complexity index is 450. The van der Waals surface area contributed by atoms with Gasteiger partial charge < -0.3 is 5.73 Å². The molecule has 13 heavy (non-hydrogen) atoms. The van der Waals surface area contributed by atoms with Gasteiger partial charge >= 0.3 is 0 Å². The van der Waals surface area contributed by atoms with Gasteiger partial charge in [-0.2, -0.15) is 0 Å². The van der Waals surface area contributed by atoms with Crippen LogP contribution in [0.15, 0.2) is 23.1 Å². The second-order valence-electron chi connectivity index (χ2n) is 2.80. The number of halogens is 1. The van der Waals surface area contributed by atoms with E-state index < -0.39 is 0 Å². The highest BCUT2D eigenvalue weighted by Gasteiger charge is 2.03. The van der Waals surface area contributed by atoms with Crippen LogP contribution in [0.3, 0.4) is 0 Å². The summed E-state index contributed by atoms with van der Waals surface area (Å²) in [4.78, 5) is 1.02. The van der Waals surface area contributed by atoms with Gasteiger partial charge in [0.1, 0.15) is 0 Å². The SMILES string of the molecule is Nc1cc2cc(CBr)c(S)cc2s1. The van der Waals surface area contributed by atoms with Crippen LogP contribution < -0.4 is 5.73 Å². The molecule has 68 valence electrons. The summed E-state index contributed by atoms with van der Waals surface area (Å²) in [5, 5.41) is 2.89. The Morgan fingerprint density at radius 2 is 2.15 bits per heavy atom. The van der Waals surface area contributed by atoms with Crippen LogP contribution in [-0.4, -0.2) is 0 Å². The minimum atomic E-state index is 0.831. The van der Waals surface area contributed by atoms with Crippen molar-refractivity contribution in [2.24, 2.45) is 0 Å². The zero-order chi connectivity index (χ0) is 9.42. The number of benzene rings is 1. The first kappa shape index (κ1) is 9.37. The number of thiophene rings is 1. The lowest BCUT2D eigenvalue weighted by Crippen LogP contribution is -1.79. The third-order valence-electron chi connectivity index (χ3n) is 1.88. The highest BCUT2D eigenvalue weighted by atomic mass is 79.9. The summed E-state index contributed by atoms with van der Waals surface area (Å²) < 4.78 is 1.20. The average molecular weight is 274 g/mol. The van der Waals surface area contributed by atoms with Crippen molar-refractivity contribution in [2.75, 3.05) is 5.73 Å². The molecule has 0 aliphatic rings. The quantitative estimate of drug-likeness (QED) is 0.602. The minimum Gasteiger partial charge on any atom is -0.391 e. The van der Waals surface area contributed by atoms with Gasteiger partial charge in [0.05, 0.1) is 5.00 Å². The zero-order valence-electron chi connectivity index (χ0n) is 6.75. The zero-order valence-corrected chi connectivity index (χ0v) is 10.0. The largest absolute Gasteiger partial charge is 0.391 e. The van der Waals surface area contributed by atoms with Gasteiger partial charge in [0, 0.05) is 14.9 Å². The number of hydrogen-bond acceptors (Lipinski definition) is 3. The molecule has 0 unspecified atom stereocenters. The summed E-state index contributed by atoms with van der Waals surface area (Å²) in [6.07, 6.45) is 0. The van der Waals surface area contributed by atoms with Crippen molar-refractivity contribution in [1.82, 2.24) is 0 Å². The van der Waals surface area contributed by atoms with E-state index in [1.165, 1.54) is 15.6 Å². The van der Waals surface area contributed by atoms with Crippen LogP contribution in [0.4, 0.5) is 5.00 Å². The maximum atomic E-state index is 5.71. The van der Waals surface area contributed by atoms with Crippen LogP contribution in [-0.2, 0) is 5.33 Å². The molecular formula is C9H8BrNS2. The molecule has 0 aliphatic carbocycles. The molecule has 0 spiro atoms. The number of fused-ring (bicyclic) bond motifs is 1. The molecular weight excluding hydrogens is 266 g/mol. The number of nitrogen functional groups attached to an aromatic ring is 1. The summed E-state index contributed by atoms with van der Waals surface area (Å²) in [6.45, 7) is 0. The first-order valence-electron chi connectivity index (χ1n) is 3.77. The van der Waals surface area contributed by atoms with Crippen molar-refractivity contribution in [3.05, 3.63) is 23.8 Å². The third kappa shape index (κ3) is 1.71. The predicted molar refractivity (Wildman–Crippen MR) is 66.1 cm³/mol. The number of rotatable bonds is 1. The van der Waals surface area contributed by atoms with E-state index in [4.69, 9.17) is 5.73 Å². The molecule has 2 rings (SSSR count). The molecule has 1 aromatic carbocycles. The Balaban J connectivity index is 2.72. The molecule has 2 N–H and O–H groups in total. The van der Waals surface area contributed by atoms with E-state index in [9.17, 15) is 0 Å². The summed E-state index contributed by atoms with van der Waals surface area (Å²) in [5.41, 5.74) is 6.92. The molecule has 0 saturated heterocycles. The molecule has 0 aliphatic heterocycles. The summed E-state index contributed by atoms with van der Waals surface area (Å²) in [5.74, 6) is 0. The summed E-state index contributed by atoms with van der Waals surface area (Å²) in [7, 11) is 0. The Labute approximate surface area is 94.5 Å². The lowest BCUT2D eigenvalue weighted by atomic mass is 10.2. The molecule has 1 aromatic heterocycles. The smallest absolute Gasteiger partial charge is 0.0868 e. The Morgan fingerprint density at radius 1 is 1.38 bits per heavy atom. The van der Waals surface area contributed by atoms with Crippen molar-refractivity contribution in [3.63, 3.8) is 0 Å². The molecule has 0 atom stereocenters. The number of anilines is 1. The average Bonchev–Trinajstić information content (AvgIpc) is 2.42. The Kier molecular flexibility index (Phi) is 2.53. The number of thiol groups is 1. The topological polar surface area (TPSA) is 26.0 Å². The van der Waals surface area contributed by atoms with E-state index in [-0.39, 0.29) is 0 Å². The van der Waals surface area contributed by atoms with E-state index in [1.807, 2.05) is 6.07 Å². The van der Waals surface area contributed by atoms with Crippen molar-refractivity contribution in [2.45, 2.75) is 10.2 Å². The predicted octanol–water partition coefficient (Wildman–Crippen LogP) is 3.67. The summed E-state index contributed by atoms with van der Waals surface area (Å²) in [6, 6.07) is 6.19. The van der Waals surface area contributed by atoms with Gasteiger partial charge in [-0.15, -0.1) is 24.0 Å². The van der Waals surface area contributed by atoms with Crippen LogP contribution in [0, 0.1) is 0 Å². The fraction of sp³-hybridized carbons (Fsp3) is 0.111. The molecule has 0 radical (unpaired) electrons. The molecule has 0 amide bonds. The Hall–Kier alpha value is -0.190. The molecule has 0 saturated carbocycles. The second kappa shape index (κ2) is 3.52. The van der Waals surface area contributed by atoms with Crippen molar-refractivity contribution in [3.8, 4) is 0 Å². The second-order valence-corrected chi connectivity index (χ2v) is 4.96. The van der Waals surface area contributed by atoms with E-state index in [1.54, 1.807) is 11.3 Å². The first-order valence-corrected chi connectivity index (χ1v) is 6.16. The van der Waals surface area contributed by atoms with E-state index in [2.05, 4.69) is 40.7 Å². The highest BCUT2D eigenvalue weighted by molar-refractivity contribution is 9.08. The van der Waals surface area contributed by atoms with Gasteiger partial charge in [0.2, 0.25) is 0 Å². The van der Waals surface area contributed by atoms with Crippen molar-refractivity contribution < 1.29 is 0 Å². The lowest BCUT2D eigenvalue weighted by Gasteiger charge is -2.00. The standard InChI is InChI=1S/C9H8BrNS2/c10-4-6-1-5-2-9(11)13-8(5)3-7(6)12/h1-3,12H,4,11H2. The van der Waals surface area contributed by atoms with Crippen LogP contribution in [0.25, 0.3) is 10.1 Å². The van der Waals surface area contributed by atoms with Crippen LogP contribution in [0.1, 0.15) is 5.56 Å². The van der Waals surface area contributed by atoms with Gasteiger partial charge in [-0.25, -0.2) is 0 Å². The summed E-state index contributed by atoms with van der Waals surface area (Å²) >= 11 is 9.42. The van der Waals surface area contributed by atoms with Gasteiger partial charge in [0.15, 0.2) is 0 Å². The monoisotopic (exact) mass is 273 g/mol. The minimum absolute atomic E-state index is 0.831. The van der Waals surface area contributed by atoms with Crippen LogP contribution in [0.2, 0.25) is 0 Å². The molecule has 2 aromatic rings. The van der Waals surface area contributed by atoms with E-state index in [0.29, 0.717) is 0 Å². The maximum absolute atomic E-state index is 5.71. The Morgan fingerprint density at radius 3 is 2.85 bits per heavy atom. The molecule has 4 heteroatoms. The van der Waals surface area contributed by atoms with Gasteiger partial charge in [0.25, 0.3) is 0 Å². The van der Waals surface area contributed by atoms with E-state index in [0.717, 1.165) is 15.2 Å². The third-order valence-corrected chi connectivity index (χ3v) is 3.83. The van der Waals surface area contributed by atoms with Crippen LogP contribution in [0.5, 0.6) is 0 Å². The van der Waals surface area contributed by atoms with E-state index >= 15 is 0 Å². The molecule has 0 bridgehead atoms. The number of alkyl halides is 1. The fourth-order valence-corrected chi connectivity index (χ4v) is 3.14. The van der Waals surface area contributed by atoms with Crippen molar-refractivity contribution in [1.29, 1.82) is 0 Å².